The number of nitrogens with one attached hydrogen (secondary N) is 1. The normalized spacial score (nSPS) is 12.2. The number of carbonyl (C=O) groups is 2. The van der Waals surface area contributed by atoms with Crippen molar-refractivity contribution in [1.82, 2.24) is 10.2 Å². The van der Waals surface area contributed by atoms with Crippen molar-refractivity contribution in [3.63, 3.8) is 0 Å². The van der Waals surface area contributed by atoms with Gasteiger partial charge in [-0.1, -0.05) is 49.4 Å². The molecule has 1 N–H and O–H groups in total. The third-order valence-electron chi connectivity index (χ3n) is 5.44. The van der Waals surface area contributed by atoms with Crippen LogP contribution in [0.2, 0.25) is 0 Å². The van der Waals surface area contributed by atoms with Crippen LogP contribution >= 0.6 is 0 Å². The van der Waals surface area contributed by atoms with Gasteiger partial charge in [0.1, 0.15) is 12.6 Å². The summed E-state index contributed by atoms with van der Waals surface area (Å²) < 4.78 is 26.4. The first-order valence-corrected chi connectivity index (χ1v) is 12.6. The Kier molecular flexibility index (Phi) is 8.83. The molecule has 0 fully saturated rings. The summed E-state index contributed by atoms with van der Waals surface area (Å²) >= 11 is 0. The molecule has 0 aromatic heterocycles. The molecule has 174 valence electrons. The highest BCUT2D eigenvalue weighted by Crippen LogP contribution is 2.24. The number of hydrogen-bond acceptors (Lipinski definition) is 4. The number of aryl methyl sites for hydroxylation is 2. The van der Waals surface area contributed by atoms with E-state index in [4.69, 9.17) is 0 Å². The lowest BCUT2D eigenvalue weighted by Crippen LogP contribution is -2.51. The van der Waals surface area contributed by atoms with Crippen molar-refractivity contribution >= 4 is 27.5 Å². The van der Waals surface area contributed by atoms with Crippen molar-refractivity contribution in [2.24, 2.45) is 0 Å². The second kappa shape index (κ2) is 11.1. The van der Waals surface area contributed by atoms with Gasteiger partial charge >= 0.3 is 0 Å². The highest BCUT2D eigenvalue weighted by molar-refractivity contribution is 7.92. The van der Waals surface area contributed by atoms with E-state index in [1.165, 1.54) is 4.90 Å². The molecule has 2 amide bonds. The topological polar surface area (TPSA) is 86.8 Å². The summed E-state index contributed by atoms with van der Waals surface area (Å²) in [5.74, 6) is -0.724. The predicted octanol–water partition coefficient (Wildman–Crippen LogP) is 2.88. The van der Waals surface area contributed by atoms with Crippen LogP contribution in [0.1, 0.15) is 37.5 Å². The number of sulfonamides is 1. The van der Waals surface area contributed by atoms with Crippen LogP contribution < -0.4 is 9.62 Å². The molecule has 0 spiro atoms. The molecule has 0 bridgehead atoms. The van der Waals surface area contributed by atoms with Crippen molar-refractivity contribution in [2.45, 2.75) is 46.7 Å². The first-order valence-electron chi connectivity index (χ1n) is 10.8. The summed E-state index contributed by atoms with van der Waals surface area (Å²) in [6, 6.07) is 14.0. The summed E-state index contributed by atoms with van der Waals surface area (Å²) in [5.41, 5.74) is 3.20. The number of likely N-dealkylation sites (N-methyl/N-ethyl adjacent to an activating group) is 1. The number of nitrogens with zero attached hydrogens (tertiary/aromatic N) is 2. The highest BCUT2D eigenvalue weighted by Gasteiger charge is 2.30. The van der Waals surface area contributed by atoms with Gasteiger partial charge in [-0.2, -0.15) is 0 Å². The van der Waals surface area contributed by atoms with E-state index in [9.17, 15) is 18.0 Å². The molecule has 0 unspecified atom stereocenters. The fraction of sp³-hybridized carbons (Fsp3) is 0.417. The molecule has 32 heavy (non-hydrogen) atoms. The molecule has 0 aliphatic rings. The van der Waals surface area contributed by atoms with Crippen LogP contribution in [-0.4, -0.2) is 50.5 Å². The third-order valence-corrected chi connectivity index (χ3v) is 6.57. The molecule has 0 aliphatic carbocycles. The minimum absolute atomic E-state index is 0.205. The fourth-order valence-electron chi connectivity index (χ4n) is 3.52. The van der Waals surface area contributed by atoms with Gasteiger partial charge in [-0.15, -0.1) is 0 Å². The van der Waals surface area contributed by atoms with Gasteiger partial charge in [-0.05, 0) is 49.9 Å². The maximum absolute atomic E-state index is 13.5. The molecule has 7 nitrogen and oxygen atoms in total. The zero-order chi connectivity index (χ0) is 23.9. The van der Waals surface area contributed by atoms with Gasteiger partial charge in [0.25, 0.3) is 0 Å². The zero-order valence-electron chi connectivity index (χ0n) is 19.5. The van der Waals surface area contributed by atoms with Crippen molar-refractivity contribution in [2.75, 3.05) is 23.7 Å². The Labute approximate surface area is 191 Å². The van der Waals surface area contributed by atoms with Crippen LogP contribution in [0, 0.1) is 6.92 Å². The van der Waals surface area contributed by atoms with Crippen molar-refractivity contribution in [3.8, 4) is 0 Å². The average Bonchev–Trinajstić information content (AvgIpc) is 2.75. The molecule has 8 heteroatoms. The van der Waals surface area contributed by atoms with Crippen LogP contribution in [0.3, 0.4) is 0 Å². The van der Waals surface area contributed by atoms with Crippen molar-refractivity contribution in [3.05, 3.63) is 65.2 Å². The van der Waals surface area contributed by atoms with Crippen LogP contribution in [0.5, 0.6) is 0 Å². The number of para-hydroxylation sites is 1. The zero-order valence-corrected chi connectivity index (χ0v) is 20.3. The lowest BCUT2D eigenvalue weighted by atomic mass is 10.1. The first kappa shape index (κ1) is 25.4. The molecule has 0 heterocycles. The van der Waals surface area contributed by atoms with Crippen LogP contribution in [-0.2, 0) is 32.6 Å². The Balaban J connectivity index is 2.44. The molecule has 0 radical (unpaired) electrons. The number of carbonyl (C=O) groups excluding carboxylic acids is 2. The van der Waals surface area contributed by atoms with E-state index in [1.807, 2.05) is 57.2 Å². The quantitative estimate of drug-likeness (QED) is 0.592. The molecule has 2 rings (SSSR count). The van der Waals surface area contributed by atoms with E-state index in [1.54, 1.807) is 19.1 Å². The summed E-state index contributed by atoms with van der Waals surface area (Å²) in [6.07, 6.45) is 1.71. The Hall–Kier alpha value is -2.87. The van der Waals surface area contributed by atoms with E-state index in [0.717, 1.165) is 27.3 Å². The smallest absolute Gasteiger partial charge is 0.244 e. The monoisotopic (exact) mass is 459 g/mol. The van der Waals surface area contributed by atoms with Gasteiger partial charge in [-0.3, -0.25) is 13.9 Å². The number of amides is 2. The SMILES string of the molecule is CCNC(=O)[C@H](C)N(Cc1ccccc1C)C(=O)CN(c1ccccc1CC)S(C)(=O)=O. The maximum atomic E-state index is 13.5. The van der Waals surface area contributed by atoms with Crippen LogP contribution in [0.4, 0.5) is 5.69 Å². The third kappa shape index (κ3) is 6.32. The molecule has 1 atom stereocenters. The van der Waals surface area contributed by atoms with Gasteiger partial charge < -0.3 is 10.2 Å². The van der Waals surface area contributed by atoms with E-state index in [-0.39, 0.29) is 19.0 Å². The van der Waals surface area contributed by atoms with Gasteiger partial charge in [0.05, 0.1) is 11.9 Å². The number of anilines is 1. The molecule has 2 aromatic rings. The van der Waals surface area contributed by atoms with Gasteiger partial charge in [-0.25, -0.2) is 8.42 Å². The Morgan fingerprint density at radius 2 is 1.59 bits per heavy atom. The second-order valence-corrected chi connectivity index (χ2v) is 9.68. The highest BCUT2D eigenvalue weighted by atomic mass is 32.2. The molecular formula is C24H33N3O4S. The summed E-state index contributed by atoms with van der Waals surface area (Å²) in [7, 11) is -3.73. The minimum Gasteiger partial charge on any atom is -0.355 e. The van der Waals surface area contributed by atoms with Crippen LogP contribution in [0.15, 0.2) is 48.5 Å². The van der Waals surface area contributed by atoms with Gasteiger partial charge in [0.15, 0.2) is 0 Å². The average molecular weight is 460 g/mol. The molecule has 0 saturated carbocycles. The number of rotatable bonds is 10. The maximum Gasteiger partial charge on any atom is 0.244 e. The van der Waals surface area contributed by atoms with Crippen LogP contribution in [0.25, 0.3) is 0 Å². The molecule has 0 aliphatic heterocycles. The van der Waals surface area contributed by atoms with E-state index in [0.29, 0.717) is 18.7 Å². The van der Waals surface area contributed by atoms with E-state index < -0.39 is 22.0 Å². The summed E-state index contributed by atoms with van der Waals surface area (Å²) in [5, 5.41) is 2.75. The summed E-state index contributed by atoms with van der Waals surface area (Å²) in [6.45, 7) is 7.60. The largest absolute Gasteiger partial charge is 0.355 e. The molecular weight excluding hydrogens is 426 g/mol. The standard InChI is InChI=1S/C24H33N3O4S/c1-6-20-13-10-11-15-22(20)27(32(5,30)31)17-23(28)26(19(4)24(29)25-7-2)16-21-14-9-8-12-18(21)3/h8-15,19H,6-7,16-17H2,1-5H3,(H,25,29)/t19-/m0/s1. The lowest BCUT2D eigenvalue weighted by molar-refractivity contribution is -0.139. The van der Waals surface area contributed by atoms with Gasteiger partial charge in [0.2, 0.25) is 21.8 Å². The Morgan fingerprint density at radius 1 is 1.00 bits per heavy atom. The predicted molar refractivity (Wildman–Crippen MR) is 128 cm³/mol. The first-order chi connectivity index (χ1) is 15.1. The van der Waals surface area contributed by atoms with Crippen molar-refractivity contribution in [1.29, 1.82) is 0 Å². The number of benzene rings is 2. The van der Waals surface area contributed by atoms with E-state index >= 15 is 0 Å². The van der Waals surface area contributed by atoms with Gasteiger partial charge in [0, 0.05) is 13.1 Å². The fourth-order valence-corrected chi connectivity index (χ4v) is 4.40. The lowest BCUT2D eigenvalue weighted by Gasteiger charge is -2.32. The van der Waals surface area contributed by atoms with E-state index in [2.05, 4.69) is 5.32 Å². The Morgan fingerprint density at radius 3 is 2.16 bits per heavy atom. The number of hydrogen-bond donors (Lipinski definition) is 1. The molecule has 2 aromatic carbocycles. The minimum atomic E-state index is -3.73. The molecule has 0 saturated heterocycles. The van der Waals surface area contributed by atoms with Crippen molar-refractivity contribution < 1.29 is 18.0 Å². The Bertz CT molecular complexity index is 1050. The summed E-state index contributed by atoms with van der Waals surface area (Å²) in [4.78, 5) is 27.5. The second-order valence-electron chi connectivity index (χ2n) is 7.77.